The van der Waals surface area contributed by atoms with E-state index < -0.39 is 29.9 Å². The number of rotatable bonds is 8. The second kappa shape index (κ2) is 9.40. The minimum Gasteiger partial charge on any atom is -0.508 e. The van der Waals surface area contributed by atoms with Crippen LogP contribution in [0.4, 0.5) is 0 Å². The van der Waals surface area contributed by atoms with Gasteiger partial charge in [-0.15, -0.1) is 0 Å². The van der Waals surface area contributed by atoms with Crippen LogP contribution in [-0.2, 0) is 27.2 Å². The van der Waals surface area contributed by atoms with Crippen molar-refractivity contribution in [1.29, 1.82) is 0 Å². The number of hydrogen-bond acceptors (Lipinski definition) is 5. The molecule has 2 amide bonds. The van der Waals surface area contributed by atoms with Gasteiger partial charge >= 0.3 is 5.97 Å². The Kier molecular flexibility index (Phi) is 6.97. The zero-order valence-corrected chi connectivity index (χ0v) is 15.3. The number of hydrogen-bond donors (Lipinski definition) is 5. The van der Waals surface area contributed by atoms with Crippen molar-refractivity contribution < 1.29 is 29.7 Å². The molecule has 28 heavy (non-hydrogen) atoms. The van der Waals surface area contributed by atoms with Crippen LogP contribution in [0, 0.1) is 0 Å². The zero-order valence-electron chi connectivity index (χ0n) is 15.3. The maximum atomic E-state index is 12.6. The number of carboxylic acid groups (broad SMARTS) is 1. The molecule has 8 nitrogen and oxygen atoms in total. The molecule has 148 valence electrons. The highest BCUT2D eigenvalue weighted by molar-refractivity contribution is 5.90. The molecule has 0 aliphatic carbocycles. The summed E-state index contributed by atoms with van der Waals surface area (Å²) in [7, 11) is 0. The molecule has 5 N–H and O–H groups in total. The molecule has 0 fully saturated rings. The molecule has 0 unspecified atom stereocenters. The van der Waals surface area contributed by atoms with Crippen molar-refractivity contribution in [3.63, 3.8) is 0 Å². The number of nitrogens with one attached hydrogen (secondary N) is 2. The number of phenols is 2. The molecule has 0 bridgehead atoms. The minimum absolute atomic E-state index is 0.0212. The second-order valence-corrected chi connectivity index (χ2v) is 6.39. The molecule has 2 aromatic rings. The van der Waals surface area contributed by atoms with Gasteiger partial charge in [-0.3, -0.25) is 9.59 Å². The molecule has 8 heteroatoms. The largest absolute Gasteiger partial charge is 0.508 e. The van der Waals surface area contributed by atoms with Crippen LogP contribution < -0.4 is 10.6 Å². The van der Waals surface area contributed by atoms with E-state index in [1.807, 2.05) is 0 Å². The van der Waals surface area contributed by atoms with Crippen LogP contribution in [0.15, 0.2) is 48.5 Å². The second-order valence-electron chi connectivity index (χ2n) is 6.39. The Morgan fingerprint density at radius 3 is 1.61 bits per heavy atom. The molecule has 0 radical (unpaired) electrons. The molecule has 0 aliphatic rings. The van der Waals surface area contributed by atoms with Gasteiger partial charge in [0.1, 0.15) is 23.6 Å². The summed E-state index contributed by atoms with van der Waals surface area (Å²) >= 11 is 0. The van der Waals surface area contributed by atoms with Gasteiger partial charge in [0, 0.05) is 19.8 Å². The van der Waals surface area contributed by atoms with Crippen molar-refractivity contribution in [1.82, 2.24) is 10.6 Å². The van der Waals surface area contributed by atoms with E-state index in [-0.39, 0.29) is 24.3 Å². The molecule has 0 saturated carbocycles. The van der Waals surface area contributed by atoms with Gasteiger partial charge in [-0.1, -0.05) is 24.3 Å². The van der Waals surface area contributed by atoms with Gasteiger partial charge in [0.25, 0.3) is 0 Å². The molecular formula is C20H22N2O6. The van der Waals surface area contributed by atoms with E-state index in [1.54, 1.807) is 24.3 Å². The maximum absolute atomic E-state index is 12.6. The normalized spacial score (nSPS) is 12.6. The smallest absolute Gasteiger partial charge is 0.326 e. The average Bonchev–Trinajstić information content (AvgIpc) is 2.63. The lowest BCUT2D eigenvalue weighted by Gasteiger charge is -2.21. The minimum atomic E-state index is -1.22. The Hall–Kier alpha value is -3.55. The van der Waals surface area contributed by atoms with Crippen LogP contribution in [0.5, 0.6) is 11.5 Å². The Morgan fingerprint density at radius 1 is 0.786 bits per heavy atom. The lowest BCUT2D eigenvalue weighted by Crippen LogP contribution is -2.52. The molecule has 0 spiro atoms. The van der Waals surface area contributed by atoms with E-state index in [9.17, 15) is 29.7 Å². The van der Waals surface area contributed by atoms with Gasteiger partial charge in [-0.2, -0.15) is 0 Å². The van der Waals surface area contributed by atoms with E-state index in [4.69, 9.17) is 0 Å². The monoisotopic (exact) mass is 386 g/mol. The van der Waals surface area contributed by atoms with E-state index in [0.717, 1.165) is 0 Å². The van der Waals surface area contributed by atoms with E-state index >= 15 is 0 Å². The molecular weight excluding hydrogens is 364 g/mol. The highest BCUT2D eigenvalue weighted by Gasteiger charge is 2.26. The quantitative estimate of drug-likeness (QED) is 0.458. The van der Waals surface area contributed by atoms with E-state index in [1.165, 1.54) is 31.2 Å². The van der Waals surface area contributed by atoms with Gasteiger partial charge in [0.2, 0.25) is 11.8 Å². The first-order valence-corrected chi connectivity index (χ1v) is 8.60. The summed E-state index contributed by atoms with van der Waals surface area (Å²) in [5.41, 5.74) is 1.32. The highest BCUT2D eigenvalue weighted by atomic mass is 16.4. The summed E-state index contributed by atoms with van der Waals surface area (Å²) < 4.78 is 0. The average molecular weight is 386 g/mol. The third kappa shape index (κ3) is 6.31. The number of carbonyl (C=O) groups is 3. The molecule has 2 aromatic carbocycles. The lowest BCUT2D eigenvalue weighted by atomic mass is 10.0. The molecule has 0 aliphatic heterocycles. The molecule has 2 rings (SSSR count). The number of carboxylic acids is 1. The SMILES string of the molecule is CC(=O)N[C@@H](Cc1ccc(O)cc1)C(=O)N[C@@H](Cc1ccc(O)cc1)C(=O)O. The molecule has 0 heterocycles. The number of aromatic hydroxyl groups is 2. The summed E-state index contributed by atoms with van der Waals surface area (Å²) in [6.45, 7) is 1.27. The number of aliphatic carboxylic acids is 1. The Morgan fingerprint density at radius 2 is 1.21 bits per heavy atom. The fourth-order valence-corrected chi connectivity index (χ4v) is 2.66. The number of benzene rings is 2. The van der Waals surface area contributed by atoms with Crippen LogP contribution in [0.25, 0.3) is 0 Å². The first-order valence-electron chi connectivity index (χ1n) is 8.60. The summed E-state index contributed by atoms with van der Waals surface area (Å²) in [5, 5.41) is 33.1. The summed E-state index contributed by atoms with van der Waals surface area (Å²) in [6.07, 6.45) is 0.157. The van der Waals surface area contributed by atoms with Gasteiger partial charge in [0.05, 0.1) is 0 Å². The number of carbonyl (C=O) groups excluding carboxylic acids is 2. The van der Waals surface area contributed by atoms with Crippen LogP contribution >= 0.6 is 0 Å². The molecule has 2 atom stereocenters. The van der Waals surface area contributed by atoms with E-state index in [2.05, 4.69) is 10.6 Å². The fourth-order valence-electron chi connectivity index (χ4n) is 2.66. The van der Waals surface area contributed by atoms with Crippen LogP contribution in [0.2, 0.25) is 0 Å². The number of amides is 2. The summed E-state index contributed by atoms with van der Waals surface area (Å²) in [5.74, 6) is -2.14. The summed E-state index contributed by atoms with van der Waals surface area (Å²) in [6, 6.07) is 9.98. The van der Waals surface area contributed by atoms with Crippen LogP contribution in [0.1, 0.15) is 18.1 Å². The van der Waals surface area contributed by atoms with Crippen molar-refractivity contribution in [2.75, 3.05) is 0 Å². The topological polar surface area (TPSA) is 136 Å². The van der Waals surface area contributed by atoms with Crippen LogP contribution in [0.3, 0.4) is 0 Å². The first kappa shape index (κ1) is 20.8. The van der Waals surface area contributed by atoms with E-state index in [0.29, 0.717) is 11.1 Å². The van der Waals surface area contributed by atoms with Gasteiger partial charge in [-0.05, 0) is 35.4 Å². The van der Waals surface area contributed by atoms with Crippen molar-refractivity contribution >= 4 is 17.8 Å². The van der Waals surface area contributed by atoms with Gasteiger partial charge in [0.15, 0.2) is 0 Å². The van der Waals surface area contributed by atoms with Crippen molar-refractivity contribution in [3.05, 3.63) is 59.7 Å². The van der Waals surface area contributed by atoms with Crippen molar-refractivity contribution in [3.8, 4) is 11.5 Å². The lowest BCUT2D eigenvalue weighted by molar-refractivity contribution is -0.142. The standard InChI is InChI=1S/C20H22N2O6/c1-12(23)21-17(10-13-2-6-15(24)7-3-13)19(26)22-18(20(27)28)11-14-4-8-16(25)9-5-14/h2-9,17-18,24-25H,10-11H2,1H3,(H,21,23)(H,22,26)(H,27,28)/t17-,18-/m0/s1. The van der Waals surface area contributed by atoms with Crippen molar-refractivity contribution in [2.24, 2.45) is 0 Å². The molecule has 0 saturated heterocycles. The highest BCUT2D eigenvalue weighted by Crippen LogP contribution is 2.13. The Bertz CT molecular complexity index is 833. The third-order valence-electron chi connectivity index (χ3n) is 4.06. The van der Waals surface area contributed by atoms with Gasteiger partial charge < -0.3 is 26.0 Å². The van der Waals surface area contributed by atoms with Crippen molar-refractivity contribution in [2.45, 2.75) is 31.8 Å². The van der Waals surface area contributed by atoms with Gasteiger partial charge in [-0.25, -0.2) is 4.79 Å². The van der Waals surface area contributed by atoms with Crippen LogP contribution in [-0.4, -0.2) is 45.2 Å². The third-order valence-corrected chi connectivity index (χ3v) is 4.06. The Labute approximate surface area is 161 Å². The predicted molar refractivity (Wildman–Crippen MR) is 101 cm³/mol. The Balaban J connectivity index is 2.11. The zero-order chi connectivity index (χ0) is 20.7. The first-order chi connectivity index (χ1) is 13.2. The summed E-state index contributed by atoms with van der Waals surface area (Å²) in [4.78, 5) is 35.7. The maximum Gasteiger partial charge on any atom is 0.326 e. The fraction of sp³-hybridized carbons (Fsp3) is 0.250. The predicted octanol–water partition coefficient (Wildman–Crippen LogP) is 0.957. The molecule has 0 aromatic heterocycles. The number of phenolic OH excluding ortho intramolecular Hbond substituents is 2.